The zero-order chi connectivity index (χ0) is 15.6. The number of carbonyl (C=O) groups is 1. The van der Waals surface area contributed by atoms with Gasteiger partial charge in [0.2, 0.25) is 0 Å². The van der Waals surface area contributed by atoms with Gasteiger partial charge in [0.1, 0.15) is 17.2 Å². The van der Waals surface area contributed by atoms with Crippen molar-refractivity contribution in [2.24, 2.45) is 0 Å². The Balaban J connectivity index is 2.37. The third-order valence-corrected chi connectivity index (χ3v) is 2.84. The molecule has 0 amide bonds. The predicted molar refractivity (Wildman–Crippen MR) is 80.5 cm³/mol. The van der Waals surface area contributed by atoms with Gasteiger partial charge in [-0.1, -0.05) is 12.1 Å². The molecular weight excluding hydrogens is 268 g/mol. The third-order valence-electron chi connectivity index (χ3n) is 2.84. The van der Waals surface area contributed by atoms with Crippen LogP contribution in [0.1, 0.15) is 37.0 Å². The second kappa shape index (κ2) is 5.60. The Morgan fingerprint density at radius 1 is 1.24 bits per heavy atom. The first-order valence-corrected chi connectivity index (χ1v) is 6.75. The molecule has 0 atom stereocenters. The van der Waals surface area contributed by atoms with Gasteiger partial charge in [0, 0.05) is 5.69 Å². The van der Waals surface area contributed by atoms with Crippen LogP contribution in [0.2, 0.25) is 0 Å². The standard InChI is InChI=1S/C16H20N2O3/c1-10-13(15(19)21-16(2,3)4)18-14(17-10)11-8-6-7-9-12(11)20-5/h6-9H,1-5H3,(H,17,18). The molecule has 112 valence electrons. The summed E-state index contributed by atoms with van der Waals surface area (Å²) in [6, 6.07) is 7.51. The van der Waals surface area contributed by atoms with Gasteiger partial charge in [-0.2, -0.15) is 0 Å². The number of nitrogens with zero attached hydrogens (tertiary/aromatic N) is 1. The summed E-state index contributed by atoms with van der Waals surface area (Å²) in [6.07, 6.45) is 0. The molecule has 2 rings (SSSR count). The largest absolute Gasteiger partial charge is 0.496 e. The molecule has 0 saturated heterocycles. The molecule has 0 aliphatic carbocycles. The summed E-state index contributed by atoms with van der Waals surface area (Å²) < 4.78 is 10.7. The SMILES string of the molecule is COc1ccccc1-c1nc(C(=O)OC(C)(C)C)c(C)[nH]1. The van der Waals surface area contributed by atoms with Gasteiger partial charge in [0.05, 0.1) is 12.7 Å². The highest BCUT2D eigenvalue weighted by Crippen LogP contribution is 2.28. The number of aromatic amines is 1. The Hall–Kier alpha value is -2.30. The normalized spacial score (nSPS) is 11.3. The Morgan fingerprint density at radius 3 is 2.52 bits per heavy atom. The van der Waals surface area contributed by atoms with Gasteiger partial charge >= 0.3 is 5.97 Å². The summed E-state index contributed by atoms with van der Waals surface area (Å²) in [5, 5.41) is 0. The van der Waals surface area contributed by atoms with Crippen LogP contribution in [0.25, 0.3) is 11.4 Å². The Bertz CT molecular complexity index is 654. The van der Waals surface area contributed by atoms with E-state index in [1.165, 1.54) is 0 Å². The fourth-order valence-electron chi connectivity index (χ4n) is 1.95. The van der Waals surface area contributed by atoms with E-state index in [1.807, 2.05) is 45.0 Å². The Labute approximate surface area is 124 Å². The van der Waals surface area contributed by atoms with E-state index < -0.39 is 11.6 Å². The van der Waals surface area contributed by atoms with Crippen molar-refractivity contribution in [1.29, 1.82) is 0 Å². The number of para-hydroxylation sites is 1. The highest BCUT2D eigenvalue weighted by atomic mass is 16.6. The zero-order valence-electron chi connectivity index (χ0n) is 13.0. The summed E-state index contributed by atoms with van der Waals surface area (Å²) in [5.41, 5.74) is 1.22. The molecule has 2 aromatic rings. The molecule has 0 saturated carbocycles. The van der Waals surface area contributed by atoms with E-state index in [1.54, 1.807) is 14.0 Å². The fourth-order valence-corrected chi connectivity index (χ4v) is 1.95. The van der Waals surface area contributed by atoms with Crippen LogP contribution in [0.5, 0.6) is 5.75 Å². The molecule has 1 aromatic heterocycles. The number of esters is 1. The van der Waals surface area contributed by atoms with Crippen LogP contribution >= 0.6 is 0 Å². The molecule has 21 heavy (non-hydrogen) atoms. The average Bonchev–Trinajstić information content (AvgIpc) is 2.79. The number of imidazole rings is 1. The second-order valence-corrected chi connectivity index (χ2v) is 5.76. The number of carbonyl (C=O) groups excluding carboxylic acids is 1. The lowest BCUT2D eigenvalue weighted by Crippen LogP contribution is -2.24. The van der Waals surface area contributed by atoms with E-state index in [0.29, 0.717) is 23.0 Å². The van der Waals surface area contributed by atoms with Gasteiger partial charge < -0.3 is 14.5 Å². The first-order valence-electron chi connectivity index (χ1n) is 6.75. The minimum Gasteiger partial charge on any atom is -0.496 e. The van der Waals surface area contributed by atoms with E-state index in [0.717, 1.165) is 5.56 Å². The molecule has 5 nitrogen and oxygen atoms in total. The number of aromatic nitrogens is 2. The molecule has 1 heterocycles. The maximum absolute atomic E-state index is 12.1. The number of aryl methyl sites for hydroxylation is 1. The van der Waals surface area contributed by atoms with Crippen LogP contribution < -0.4 is 4.74 Å². The number of H-pyrrole nitrogens is 1. The molecular formula is C16H20N2O3. The lowest BCUT2D eigenvalue weighted by molar-refractivity contribution is 0.00627. The van der Waals surface area contributed by atoms with Crippen molar-refractivity contribution in [2.45, 2.75) is 33.3 Å². The van der Waals surface area contributed by atoms with Crippen molar-refractivity contribution in [2.75, 3.05) is 7.11 Å². The van der Waals surface area contributed by atoms with Gasteiger partial charge in [-0.3, -0.25) is 0 Å². The first-order chi connectivity index (χ1) is 9.81. The number of hydrogen-bond acceptors (Lipinski definition) is 4. The lowest BCUT2D eigenvalue weighted by Gasteiger charge is -2.18. The maximum atomic E-state index is 12.1. The van der Waals surface area contributed by atoms with Gasteiger partial charge in [-0.25, -0.2) is 9.78 Å². The molecule has 0 radical (unpaired) electrons. The van der Waals surface area contributed by atoms with Crippen molar-refractivity contribution in [1.82, 2.24) is 9.97 Å². The van der Waals surface area contributed by atoms with E-state index in [9.17, 15) is 4.79 Å². The lowest BCUT2D eigenvalue weighted by atomic mass is 10.2. The predicted octanol–water partition coefficient (Wildman–Crippen LogP) is 3.35. The molecule has 0 spiro atoms. The van der Waals surface area contributed by atoms with Crippen LogP contribution in [-0.2, 0) is 4.74 Å². The third kappa shape index (κ3) is 3.42. The Morgan fingerprint density at radius 2 is 1.90 bits per heavy atom. The molecule has 0 unspecified atom stereocenters. The van der Waals surface area contributed by atoms with Gasteiger partial charge in [0.25, 0.3) is 0 Å². The smallest absolute Gasteiger partial charge is 0.359 e. The molecule has 0 fully saturated rings. The number of rotatable bonds is 3. The van der Waals surface area contributed by atoms with Crippen LogP contribution in [0.4, 0.5) is 0 Å². The van der Waals surface area contributed by atoms with Crippen molar-refractivity contribution < 1.29 is 14.3 Å². The minimum absolute atomic E-state index is 0.297. The number of nitrogens with one attached hydrogen (secondary N) is 1. The summed E-state index contributed by atoms with van der Waals surface area (Å²) >= 11 is 0. The molecule has 0 aliphatic rings. The number of hydrogen-bond donors (Lipinski definition) is 1. The van der Waals surface area contributed by atoms with Gasteiger partial charge in [-0.15, -0.1) is 0 Å². The highest BCUT2D eigenvalue weighted by Gasteiger charge is 2.23. The van der Waals surface area contributed by atoms with Crippen molar-refractivity contribution >= 4 is 5.97 Å². The summed E-state index contributed by atoms with van der Waals surface area (Å²) in [6.45, 7) is 7.28. The molecule has 5 heteroatoms. The van der Waals surface area contributed by atoms with E-state index in [2.05, 4.69) is 9.97 Å². The Kier molecular flexibility index (Phi) is 4.02. The molecule has 1 N–H and O–H groups in total. The quantitative estimate of drug-likeness (QED) is 0.880. The van der Waals surface area contributed by atoms with E-state index >= 15 is 0 Å². The molecule has 0 bridgehead atoms. The van der Waals surface area contributed by atoms with Crippen LogP contribution in [0, 0.1) is 6.92 Å². The van der Waals surface area contributed by atoms with Crippen LogP contribution in [0.3, 0.4) is 0 Å². The summed E-state index contributed by atoms with van der Waals surface area (Å²) in [7, 11) is 1.60. The molecule has 0 aliphatic heterocycles. The van der Waals surface area contributed by atoms with E-state index in [-0.39, 0.29) is 0 Å². The van der Waals surface area contributed by atoms with Crippen LogP contribution in [-0.4, -0.2) is 28.6 Å². The second-order valence-electron chi connectivity index (χ2n) is 5.76. The summed E-state index contributed by atoms with van der Waals surface area (Å²) in [5.74, 6) is 0.852. The first kappa shape index (κ1) is 15.1. The summed E-state index contributed by atoms with van der Waals surface area (Å²) in [4.78, 5) is 19.6. The van der Waals surface area contributed by atoms with Crippen molar-refractivity contribution in [3.63, 3.8) is 0 Å². The van der Waals surface area contributed by atoms with Crippen LogP contribution in [0.15, 0.2) is 24.3 Å². The minimum atomic E-state index is -0.549. The highest BCUT2D eigenvalue weighted by molar-refractivity contribution is 5.89. The number of ether oxygens (including phenoxy) is 2. The zero-order valence-corrected chi connectivity index (χ0v) is 13.0. The molecule has 1 aromatic carbocycles. The topological polar surface area (TPSA) is 64.2 Å². The maximum Gasteiger partial charge on any atom is 0.359 e. The van der Waals surface area contributed by atoms with Gasteiger partial charge in [0.15, 0.2) is 5.69 Å². The van der Waals surface area contributed by atoms with E-state index in [4.69, 9.17) is 9.47 Å². The number of methoxy groups -OCH3 is 1. The number of benzene rings is 1. The van der Waals surface area contributed by atoms with Crippen molar-refractivity contribution in [3.05, 3.63) is 35.7 Å². The average molecular weight is 288 g/mol. The monoisotopic (exact) mass is 288 g/mol. The fraction of sp³-hybridized carbons (Fsp3) is 0.375. The van der Waals surface area contributed by atoms with Crippen molar-refractivity contribution in [3.8, 4) is 17.1 Å². The van der Waals surface area contributed by atoms with Gasteiger partial charge in [-0.05, 0) is 39.8 Å².